The summed E-state index contributed by atoms with van der Waals surface area (Å²) in [6, 6.07) is -0.888. The third-order valence-corrected chi connectivity index (χ3v) is 2.21. The number of benzene rings is 1. The molecule has 0 heterocycles. The molecule has 3 N–H and O–H groups in total. The lowest BCUT2D eigenvalue weighted by atomic mass is 10.1. The lowest BCUT2D eigenvalue weighted by Crippen LogP contribution is -2.31. The van der Waals surface area contributed by atoms with Crippen LogP contribution >= 0.6 is 0 Å². The monoisotopic (exact) mass is 346 g/mol. The summed E-state index contributed by atoms with van der Waals surface area (Å²) in [7, 11) is 0. The van der Waals surface area contributed by atoms with Crippen LogP contribution in [0.1, 0.15) is 11.1 Å². The zero-order chi connectivity index (χ0) is 17.8. The number of urea groups is 1. The molecule has 0 aliphatic carbocycles. The number of alkyl halides is 6. The predicted octanol–water partition coefficient (Wildman–Crippen LogP) is 2.86. The smallest absolute Gasteiger partial charge is 0.416 e. The Hall–Kier alpha value is -2.50. The minimum atomic E-state index is -5.06. The SMILES string of the molecule is O=C(O)CONC(=O)Nc1cc(C(F)(F)F)cc(C(F)(F)F)c1. The molecule has 0 saturated heterocycles. The van der Waals surface area contributed by atoms with Crippen LogP contribution in [0.25, 0.3) is 0 Å². The highest BCUT2D eigenvalue weighted by Gasteiger charge is 2.37. The number of halogens is 6. The molecule has 0 atom stereocenters. The molecule has 0 bridgehead atoms. The van der Waals surface area contributed by atoms with E-state index in [2.05, 4.69) is 4.84 Å². The van der Waals surface area contributed by atoms with Gasteiger partial charge >= 0.3 is 24.4 Å². The van der Waals surface area contributed by atoms with Gasteiger partial charge in [0.1, 0.15) is 0 Å². The van der Waals surface area contributed by atoms with Crippen LogP contribution in [0.4, 0.5) is 36.8 Å². The number of amides is 2. The molecule has 0 saturated carbocycles. The average molecular weight is 346 g/mol. The number of carboxylic acid groups (broad SMARTS) is 1. The number of carbonyl (C=O) groups is 2. The van der Waals surface area contributed by atoms with Crippen LogP contribution in [0.2, 0.25) is 0 Å². The van der Waals surface area contributed by atoms with E-state index in [9.17, 15) is 35.9 Å². The molecule has 0 fully saturated rings. The fraction of sp³-hybridized carbons (Fsp3) is 0.273. The Morgan fingerprint density at radius 2 is 1.48 bits per heavy atom. The fourth-order valence-electron chi connectivity index (χ4n) is 1.35. The van der Waals surface area contributed by atoms with E-state index in [0.29, 0.717) is 0 Å². The molecule has 2 amide bonds. The van der Waals surface area contributed by atoms with Gasteiger partial charge in [0, 0.05) is 5.69 Å². The molecule has 0 aromatic heterocycles. The van der Waals surface area contributed by atoms with Crippen LogP contribution in [-0.4, -0.2) is 23.7 Å². The number of nitrogens with one attached hydrogen (secondary N) is 2. The van der Waals surface area contributed by atoms with E-state index in [4.69, 9.17) is 5.11 Å². The van der Waals surface area contributed by atoms with Crippen molar-refractivity contribution in [2.75, 3.05) is 11.9 Å². The van der Waals surface area contributed by atoms with Gasteiger partial charge in [0.25, 0.3) is 0 Å². The van der Waals surface area contributed by atoms with Crippen molar-refractivity contribution in [3.8, 4) is 0 Å². The van der Waals surface area contributed by atoms with Crippen molar-refractivity contribution in [3.63, 3.8) is 0 Å². The van der Waals surface area contributed by atoms with Crippen LogP contribution in [-0.2, 0) is 22.0 Å². The standard InChI is InChI=1S/C11H8F6N2O4/c12-10(13,14)5-1-6(11(15,16)17)3-7(2-5)18-9(22)19-23-4-8(20)21/h1-3H,4H2,(H,20,21)(H2,18,19,22). The van der Waals surface area contributed by atoms with Gasteiger partial charge in [0.15, 0.2) is 6.61 Å². The van der Waals surface area contributed by atoms with Crippen molar-refractivity contribution in [1.29, 1.82) is 0 Å². The van der Waals surface area contributed by atoms with Crippen molar-refractivity contribution in [2.24, 2.45) is 0 Å². The first-order chi connectivity index (χ1) is 10.4. The lowest BCUT2D eigenvalue weighted by molar-refractivity contribution is -0.144. The summed E-state index contributed by atoms with van der Waals surface area (Å²) in [6.45, 7) is -0.955. The third-order valence-electron chi connectivity index (χ3n) is 2.21. The second kappa shape index (κ2) is 6.73. The summed E-state index contributed by atoms with van der Waals surface area (Å²) in [6.07, 6.45) is -10.1. The average Bonchev–Trinajstić information content (AvgIpc) is 2.35. The van der Waals surface area contributed by atoms with Gasteiger partial charge in [0.05, 0.1) is 11.1 Å². The molecule has 1 rings (SSSR count). The maximum absolute atomic E-state index is 12.6. The van der Waals surface area contributed by atoms with Gasteiger partial charge < -0.3 is 10.4 Å². The zero-order valence-electron chi connectivity index (χ0n) is 10.9. The Labute approximate surface area is 124 Å². The van der Waals surface area contributed by atoms with E-state index in [0.717, 1.165) is 0 Å². The first kappa shape index (κ1) is 18.5. The Balaban J connectivity index is 2.97. The third kappa shape index (κ3) is 6.02. The van der Waals surface area contributed by atoms with E-state index in [1.165, 1.54) is 5.48 Å². The highest BCUT2D eigenvalue weighted by molar-refractivity contribution is 5.88. The van der Waals surface area contributed by atoms with E-state index in [-0.39, 0.29) is 18.2 Å². The van der Waals surface area contributed by atoms with Gasteiger partial charge in [-0.05, 0) is 18.2 Å². The minimum absolute atomic E-state index is 0.107. The molecular formula is C11H8F6N2O4. The highest BCUT2D eigenvalue weighted by atomic mass is 19.4. The predicted molar refractivity (Wildman–Crippen MR) is 62.2 cm³/mol. The van der Waals surface area contributed by atoms with Crippen LogP contribution < -0.4 is 10.8 Å². The molecule has 23 heavy (non-hydrogen) atoms. The van der Waals surface area contributed by atoms with E-state index in [1.54, 1.807) is 5.32 Å². The number of aliphatic carboxylic acids is 1. The zero-order valence-corrected chi connectivity index (χ0v) is 10.9. The lowest BCUT2D eigenvalue weighted by Gasteiger charge is -2.14. The van der Waals surface area contributed by atoms with Gasteiger partial charge in [-0.15, -0.1) is 0 Å². The molecule has 0 aliphatic rings. The Morgan fingerprint density at radius 1 is 1.00 bits per heavy atom. The number of rotatable bonds is 4. The van der Waals surface area contributed by atoms with Gasteiger partial charge in [-0.3, -0.25) is 4.84 Å². The Bertz CT molecular complexity index is 567. The molecule has 0 unspecified atom stereocenters. The van der Waals surface area contributed by atoms with Crippen molar-refractivity contribution < 1.29 is 45.9 Å². The van der Waals surface area contributed by atoms with Crippen LogP contribution in [0, 0.1) is 0 Å². The first-order valence-electron chi connectivity index (χ1n) is 5.59. The highest BCUT2D eigenvalue weighted by Crippen LogP contribution is 2.37. The molecule has 12 heteroatoms. The molecular weight excluding hydrogens is 338 g/mol. The number of carboxylic acids is 1. The molecule has 128 valence electrons. The first-order valence-corrected chi connectivity index (χ1v) is 5.59. The maximum atomic E-state index is 12.6. The minimum Gasteiger partial charge on any atom is -0.479 e. The van der Waals surface area contributed by atoms with Gasteiger partial charge in [-0.25, -0.2) is 15.1 Å². The molecule has 6 nitrogen and oxygen atoms in total. The van der Waals surface area contributed by atoms with Crippen LogP contribution in [0.3, 0.4) is 0 Å². The number of anilines is 1. The van der Waals surface area contributed by atoms with Gasteiger partial charge in [0.2, 0.25) is 0 Å². The molecule has 1 aromatic rings. The van der Waals surface area contributed by atoms with Crippen LogP contribution in [0.15, 0.2) is 18.2 Å². The summed E-state index contributed by atoms with van der Waals surface area (Å²) in [5.74, 6) is -1.45. The number of hydrogen-bond acceptors (Lipinski definition) is 3. The Morgan fingerprint density at radius 3 is 1.87 bits per heavy atom. The van der Waals surface area contributed by atoms with Crippen molar-refractivity contribution in [3.05, 3.63) is 29.3 Å². The number of carbonyl (C=O) groups excluding carboxylic acids is 1. The Kier molecular flexibility index (Phi) is 5.42. The molecule has 0 spiro atoms. The van der Waals surface area contributed by atoms with E-state index >= 15 is 0 Å². The quantitative estimate of drug-likeness (QED) is 0.578. The summed E-state index contributed by atoms with van der Waals surface area (Å²) >= 11 is 0. The largest absolute Gasteiger partial charge is 0.479 e. The van der Waals surface area contributed by atoms with Crippen molar-refractivity contribution in [2.45, 2.75) is 12.4 Å². The van der Waals surface area contributed by atoms with Crippen LogP contribution in [0.5, 0.6) is 0 Å². The summed E-state index contributed by atoms with van der Waals surface area (Å²) in [5, 5.41) is 9.89. The normalized spacial score (nSPS) is 11.9. The molecule has 0 aliphatic heterocycles. The van der Waals surface area contributed by atoms with E-state index < -0.39 is 47.8 Å². The second-order valence-corrected chi connectivity index (χ2v) is 4.03. The number of hydroxylamine groups is 1. The summed E-state index contributed by atoms with van der Waals surface area (Å²) in [4.78, 5) is 25.4. The second-order valence-electron chi connectivity index (χ2n) is 4.03. The fourth-order valence-corrected chi connectivity index (χ4v) is 1.35. The molecule has 0 radical (unpaired) electrons. The van der Waals surface area contributed by atoms with Crippen molar-refractivity contribution >= 4 is 17.7 Å². The maximum Gasteiger partial charge on any atom is 0.416 e. The number of hydrogen-bond donors (Lipinski definition) is 3. The molecule has 1 aromatic carbocycles. The topological polar surface area (TPSA) is 87.7 Å². The summed E-state index contributed by atoms with van der Waals surface area (Å²) < 4.78 is 75.5. The van der Waals surface area contributed by atoms with Gasteiger partial charge in [-0.1, -0.05) is 0 Å². The van der Waals surface area contributed by atoms with E-state index in [1.807, 2.05) is 0 Å². The van der Waals surface area contributed by atoms with Crippen molar-refractivity contribution in [1.82, 2.24) is 5.48 Å². The van der Waals surface area contributed by atoms with Gasteiger partial charge in [-0.2, -0.15) is 26.3 Å². The summed E-state index contributed by atoms with van der Waals surface area (Å²) in [5.41, 5.74) is -2.55.